The first-order valence-corrected chi connectivity index (χ1v) is 9.20. The molecule has 7 nitrogen and oxygen atoms in total. The van der Waals surface area contributed by atoms with E-state index in [-0.39, 0.29) is 24.2 Å². The molecule has 1 atom stereocenters. The highest BCUT2D eigenvalue weighted by molar-refractivity contribution is 7.92. The maximum atomic E-state index is 12.4. The molecule has 0 bridgehead atoms. The molecule has 1 saturated heterocycles. The topological polar surface area (TPSA) is 96.2 Å². The first kappa shape index (κ1) is 17.1. The number of aromatic nitrogens is 2. The van der Waals surface area contributed by atoms with Gasteiger partial charge in [0.05, 0.1) is 6.54 Å². The second-order valence-electron chi connectivity index (χ2n) is 5.47. The lowest BCUT2D eigenvalue weighted by molar-refractivity contribution is 0.205. The van der Waals surface area contributed by atoms with Gasteiger partial charge in [0.2, 0.25) is 15.7 Å². The highest BCUT2D eigenvalue weighted by Gasteiger charge is 2.31. The minimum absolute atomic E-state index is 0.0905. The molecule has 1 aliphatic heterocycles. The number of nitriles is 1. The fourth-order valence-corrected chi connectivity index (χ4v) is 3.72. The van der Waals surface area contributed by atoms with E-state index in [0.717, 1.165) is 5.56 Å². The predicted octanol–water partition coefficient (Wildman–Crippen LogP) is 1.80. The minimum Gasteiger partial charge on any atom is -0.471 e. The molecule has 3 rings (SSSR count). The van der Waals surface area contributed by atoms with Crippen LogP contribution in [0.5, 0.6) is 5.88 Å². The van der Waals surface area contributed by atoms with Crippen LogP contribution in [0.25, 0.3) is 6.08 Å². The van der Waals surface area contributed by atoms with Crippen molar-refractivity contribution in [1.82, 2.24) is 14.3 Å². The van der Waals surface area contributed by atoms with Gasteiger partial charge in [0.1, 0.15) is 12.2 Å². The van der Waals surface area contributed by atoms with Gasteiger partial charge in [-0.3, -0.25) is 0 Å². The summed E-state index contributed by atoms with van der Waals surface area (Å²) in [5, 5.41) is 10.2. The Kier molecular flexibility index (Phi) is 5.07. The Bertz CT molecular complexity index is 907. The van der Waals surface area contributed by atoms with Crippen molar-refractivity contribution in [3.05, 3.63) is 59.4 Å². The lowest BCUT2D eigenvalue weighted by Crippen LogP contribution is -2.29. The minimum atomic E-state index is -3.53. The number of ether oxygens (including phenoxy) is 1. The van der Waals surface area contributed by atoms with Gasteiger partial charge in [-0.1, -0.05) is 30.3 Å². The van der Waals surface area contributed by atoms with Crippen LogP contribution in [0.2, 0.25) is 0 Å². The molecule has 25 heavy (non-hydrogen) atoms. The Hall–Kier alpha value is -2.76. The van der Waals surface area contributed by atoms with Crippen LogP contribution in [0.1, 0.15) is 17.7 Å². The van der Waals surface area contributed by atoms with Crippen LogP contribution in [0, 0.1) is 11.3 Å². The van der Waals surface area contributed by atoms with Gasteiger partial charge in [0, 0.05) is 24.3 Å². The fraction of sp³-hybridized carbons (Fsp3) is 0.235. The second-order valence-corrected chi connectivity index (χ2v) is 7.29. The zero-order valence-corrected chi connectivity index (χ0v) is 14.1. The smallest absolute Gasteiger partial charge is 0.251 e. The van der Waals surface area contributed by atoms with Crippen LogP contribution in [0.3, 0.4) is 0 Å². The molecule has 0 unspecified atom stereocenters. The largest absolute Gasteiger partial charge is 0.471 e. The molecule has 0 radical (unpaired) electrons. The van der Waals surface area contributed by atoms with Crippen molar-refractivity contribution in [2.45, 2.75) is 12.5 Å². The number of rotatable bonds is 5. The van der Waals surface area contributed by atoms with Gasteiger partial charge in [0.15, 0.2) is 0 Å². The number of hydrogen-bond acceptors (Lipinski definition) is 6. The van der Waals surface area contributed by atoms with E-state index in [4.69, 9.17) is 10.00 Å². The SMILES string of the molecule is N#Cc1nccnc1O[C@H]1CCN(S(=O)(=O)/C=C/c2ccccc2)C1. The molecule has 1 aromatic heterocycles. The van der Waals surface area contributed by atoms with E-state index in [2.05, 4.69) is 9.97 Å². The van der Waals surface area contributed by atoms with Crippen LogP contribution in [-0.2, 0) is 10.0 Å². The third-order valence-corrected chi connectivity index (χ3v) is 5.28. The van der Waals surface area contributed by atoms with E-state index >= 15 is 0 Å². The first-order valence-electron chi connectivity index (χ1n) is 7.69. The highest BCUT2D eigenvalue weighted by atomic mass is 32.2. The standard InChI is InChI=1S/C17H16N4O3S/c18-12-16-17(20-9-8-19-16)24-15-6-10-21(13-15)25(22,23)11-7-14-4-2-1-3-5-14/h1-5,7-9,11,15H,6,10,13H2/b11-7+/t15-/m0/s1. The highest BCUT2D eigenvalue weighted by Crippen LogP contribution is 2.21. The quantitative estimate of drug-likeness (QED) is 0.810. The summed E-state index contributed by atoms with van der Waals surface area (Å²) >= 11 is 0. The molecule has 128 valence electrons. The molecule has 0 amide bonds. The van der Waals surface area contributed by atoms with E-state index < -0.39 is 10.0 Å². The van der Waals surface area contributed by atoms with Gasteiger partial charge in [-0.05, 0) is 18.1 Å². The molecule has 1 fully saturated rings. The summed E-state index contributed by atoms with van der Waals surface area (Å²) in [4.78, 5) is 7.87. The zero-order chi connectivity index (χ0) is 17.7. The van der Waals surface area contributed by atoms with Crippen LogP contribution in [-0.4, -0.2) is 41.9 Å². The van der Waals surface area contributed by atoms with Crippen molar-refractivity contribution >= 4 is 16.1 Å². The average Bonchev–Trinajstić information content (AvgIpc) is 3.11. The third kappa shape index (κ3) is 4.21. The van der Waals surface area contributed by atoms with Crippen molar-refractivity contribution < 1.29 is 13.2 Å². The average molecular weight is 356 g/mol. The Morgan fingerprint density at radius 3 is 2.76 bits per heavy atom. The molecule has 1 aromatic carbocycles. The molecule has 0 aliphatic carbocycles. The van der Waals surface area contributed by atoms with Gasteiger partial charge in [-0.2, -0.15) is 9.57 Å². The van der Waals surface area contributed by atoms with Crippen LogP contribution in [0.15, 0.2) is 48.1 Å². The zero-order valence-electron chi connectivity index (χ0n) is 13.3. The van der Waals surface area contributed by atoms with Crippen molar-refractivity contribution in [2.24, 2.45) is 0 Å². The number of sulfonamides is 1. The van der Waals surface area contributed by atoms with E-state index in [1.807, 2.05) is 36.4 Å². The van der Waals surface area contributed by atoms with Crippen molar-refractivity contribution in [3.63, 3.8) is 0 Å². The number of benzene rings is 1. The Morgan fingerprint density at radius 2 is 2.00 bits per heavy atom. The van der Waals surface area contributed by atoms with Crippen LogP contribution >= 0.6 is 0 Å². The van der Waals surface area contributed by atoms with E-state index in [0.29, 0.717) is 13.0 Å². The lowest BCUT2D eigenvalue weighted by Gasteiger charge is -2.15. The Morgan fingerprint density at radius 1 is 1.24 bits per heavy atom. The van der Waals surface area contributed by atoms with Crippen molar-refractivity contribution in [2.75, 3.05) is 13.1 Å². The van der Waals surface area contributed by atoms with Gasteiger partial charge < -0.3 is 4.74 Å². The van der Waals surface area contributed by atoms with Crippen LogP contribution < -0.4 is 4.74 Å². The Balaban J connectivity index is 1.66. The normalized spacial score (nSPS) is 18.3. The number of nitrogens with zero attached hydrogens (tertiary/aromatic N) is 4. The number of hydrogen-bond donors (Lipinski definition) is 0. The summed E-state index contributed by atoms with van der Waals surface area (Å²) in [6, 6.07) is 11.1. The monoisotopic (exact) mass is 356 g/mol. The summed E-state index contributed by atoms with van der Waals surface area (Å²) in [5.74, 6) is 0.133. The molecule has 0 spiro atoms. The molecule has 0 N–H and O–H groups in total. The first-order chi connectivity index (χ1) is 12.1. The molecule has 8 heteroatoms. The lowest BCUT2D eigenvalue weighted by atomic mass is 10.2. The summed E-state index contributed by atoms with van der Waals surface area (Å²) in [6.07, 6.45) is 4.58. The van der Waals surface area contributed by atoms with E-state index in [9.17, 15) is 8.42 Å². The Labute approximate surface area is 146 Å². The molecule has 0 saturated carbocycles. The summed E-state index contributed by atoms with van der Waals surface area (Å²) in [5.41, 5.74) is 0.907. The van der Waals surface area contributed by atoms with E-state index in [1.54, 1.807) is 6.08 Å². The summed E-state index contributed by atoms with van der Waals surface area (Å²) in [7, 11) is -3.53. The summed E-state index contributed by atoms with van der Waals surface area (Å²) in [6.45, 7) is 0.567. The molecule has 2 heterocycles. The fourth-order valence-electron chi connectivity index (χ4n) is 2.49. The van der Waals surface area contributed by atoms with Gasteiger partial charge in [-0.25, -0.2) is 18.4 Å². The van der Waals surface area contributed by atoms with E-state index in [1.165, 1.54) is 22.1 Å². The summed E-state index contributed by atoms with van der Waals surface area (Å²) < 4.78 is 31.9. The second kappa shape index (κ2) is 7.42. The maximum Gasteiger partial charge on any atom is 0.251 e. The van der Waals surface area contributed by atoms with Crippen molar-refractivity contribution in [3.8, 4) is 11.9 Å². The van der Waals surface area contributed by atoms with Gasteiger partial charge in [-0.15, -0.1) is 0 Å². The molecular weight excluding hydrogens is 340 g/mol. The maximum absolute atomic E-state index is 12.4. The molecule has 2 aromatic rings. The van der Waals surface area contributed by atoms with Gasteiger partial charge >= 0.3 is 0 Å². The van der Waals surface area contributed by atoms with Crippen LogP contribution in [0.4, 0.5) is 0 Å². The third-order valence-electron chi connectivity index (χ3n) is 3.75. The predicted molar refractivity (Wildman–Crippen MR) is 91.7 cm³/mol. The van der Waals surface area contributed by atoms with Gasteiger partial charge in [0.25, 0.3) is 5.88 Å². The van der Waals surface area contributed by atoms with Crippen molar-refractivity contribution in [1.29, 1.82) is 5.26 Å². The molecular formula is C17H16N4O3S. The molecule has 1 aliphatic rings.